The van der Waals surface area contributed by atoms with Crippen LogP contribution < -0.4 is 0 Å². The van der Waals surface area contributed by atoms with Gasteiger partial charge in [-0.1, -0.05) is 0 Å². The Kier molecular flexibility index (Phi) is 2.53. The molecule has 0 spiro atoms. The maximum absolute atomic E-state index is 2.36. The molecule has 1 aliphatic rings. The van der Waals surface area contributed by atoms with Gasteiger partial charge in [-0.3, -0.25) is 0 Å². The second-order valence-electron chi connectivity index (χ2n) is 3.07. The normalized spacial score (nSPS) is 19.9. The quantitative estimate of drug-likeness (QED) is 0.391. The maximum atomic E-state index is 2.36. The monoisotopic (exact) mass is 132 g/mol. The van der Waals surface area contributed by atoms with E-state index in [1.165, 1.54) is 19.1 Å². The SMILES string of the molecule is C/C=C(/C)C(C)C1=BCB1. The van der Waals surface area contributed by atoms with E-state index < -0.39 is 0 Å². The molecular weight excluding hydrogens is 118 g/mol. The Bertz CT molecular complexity index is 172. The first-order valence-electron chi connectivity index (χ1n) is 4.07. The molecule has 0 amide bonds. The Morgan fingerprint density at radius 2 is 2.40 bits per heavy atom. The van der Waals surface area contributed by atoms with Gasteiger partial charge in [-0.2, -0.15) is 0 Å². The van der Waals surface area contributed by atoms with Crippen molar-refractivity contribution >= 4 is 19.6 Å². The molecule has 1 rings (SSSR count). The van der Waals surface area contributed by atoms with Crippen LogP contribution in [0.2, 0.25) is 6.22 Å². The molecule has 1 atom stereocenters. The average Bonchev–Trinajstić information content (AvgIpc) is 1.82. The van der Waals surface area contributed by atoms with E-state index in [-0.39, 0.29) is 0 Å². The molecule has 0 bridgehead atoms. The topological polar surface area (TPSA) is 0 Å². The Morgan fingerprint density at radius 1 is 1.80 bits per heavy atom. The molecular formula is C8H14B2. The molecule has 0 radical (unpaired) electrons. The molecule has 1 unspecified atom stereocenters. The zero-order chi connectivity index (χ0) is 7.56. The second kappa shape index (κ2) is 3.23. The van der Waals surface area contributed by atoms with Crippen LogP contribution in [0.4, 0.5) is 0 Å². The fourth-order valence-electron chi connectivity index (χ4n) is 1.25. The molecule has 0 saturated carbocycles. The molecule has 2 heteroatoms. The van der Waals surface area contributed by atoms with Crippen LogP contribution in [0.5, 0.6) is 0 Å². The van der Waals surface area contributed by atoms with Gasteiger partial charge in [0, 0.05) is 0 Å². The first-order valence-corrected chi connectivity index (χ1v) is 4.07. The van der Waals surface area contributed by atoms with Crippen LogP contribution in [0.15, 0.2) is 11.6 Å². The zero-order valence-electron chi connectivity index (χ0n) is 7.15. The van der Waals surface area contributed by atoms with Crippen molar-refractivity contribution in [2.45, 2.75) is 27.0 Å². The van der Waals surface area contributed by atoms with Crippen molar-refractivity contribution in [3.63, 3.8) is 0 Å². The summed E-state index contributed by atoms with van der Waals surface area (Å²) in [5.41, 5.74) is 1.51. The zero-order valence-corrected chi connectivity index (χ0v) is 7.15. The van der Waals surface area contributed by atoms with Gasteiger partial charge in [0.1, 0.15) is 0 Å². The van der Waals surface area contributed by atoms with Crippen LogP contribution in [-0.4, -0.2) is 19.6 Å². The van der Waals surface area contributed by atoms with E-state index in [9.17, 15) is 0 Å². The molecule has 0 saturated heterocycles. The van der Waals surface area contributed by atoms with E-state index in [0.717, 1.165) is 0 Å². The standard InChI is InChI=1S/C8H14B2/c1-4-6(2)7(3)8-9-5-10-8/h4,7,9H,5H2,1-3H3/b6-4-. The molecule has 0 aromatic rings. The number of rotatable bonds is 2. The van der Waals surface area contributed by atoms with E-state index in [1.807, 2.05) is 0 Å². The Balaban J connectivity index is 2.56. The Labute approximate surface area is 64.9 Å². The van der Waals surface area contributed by atoms with E-state index >= 15 is 0 Å². The van der Waals surface area contributed by atoms with Crippen molar-refractivity contribution in [1.82, 2.24) is 0 Å². The van der Waals surface area contributed by atoms with Crippen molar-refractivity contribution in [3.8, 4) is 0 Å². The van der Waals surface area contributed by atoms with Crippen molar-refractivity contribution in [1.29, 1.82) is 0 Å². The van der Waals surface area contributed by atoms with Gasteiger partial charge in [0.15, 0.2) is 0 Å². The molecule has 0 aromatic carbocycles. The van der Waals surface area contributed by atoms with Gasteiger partial charge in [0.25, 0.3) is 0 Å². The van der Waals surface area contributed by atoms with Crippen LogP contribution in [0.25, 0.3) is 0 Å². The number of hydrogen-bond acceptors (Lipinski definition) is 0. The van der Waals surface area contributed by atoms with E-state index in [4.69, 9.17) is 0 Å². The van der Waals surface area contributed by atoms with Crippen molar-refractivity contribution in [3.05, 3.63) is 11.6 Å². The fraction of sp³-hybridized carbons (Fsp3) is 0.625. The first kappa shape index (κ1) is 7.84. The predicted molar refractivity (Wildman–Crippen MR) is 51.3 cm³/mol. The van der Waals surface area contributed by atoms with Crippen LogP contribution in [0, 0.1) is 5.92 Å². The van der Waals surface area contributed by atoms with Crippen molar-refractivity contribution in [2.24, 2.45) is 5.92 Å². The fourth-order valence-corrected chi connectivity index (χ4v) is 1.25. The molecule has 1 heterocycles. The van der Waals surface area contributed by atoms with Crippen LogP contribution >= 0.6 is 0 Å². The molecule has 10 heavy (non-hydrogen) atoms. The third-order valence-corrected chi connectivity index (χ3v) is 2.53. The minimum atomic E-state index is 0.707. The van der Waals surface area contributed by atoms with E-state index in [0.29, 0.717) is 5.92 Å². The van der Waals surface area contributed by atoms with E-state index in [1.54, 1.807) is 5.36 Å². The summed E-state index contributed by atoms with van der Waals surface area (Å²) in [7, 11) is 1.33. The summed E-state index contributed by atoms with van der Waals surface area (Å²) in [6.45, 7) is 8.98. The van der Waals surface area contributed by atoms with Gasteiger partial charge < -0.3 is 0 Å². The molecule has 0 fully saturated rings. The first-order chi connectivity index (χ1) is 4.75. The molecule has 0 nitrogen and oxygen atoms in total. The molecule has 0 aliphatic carbocycles. The minimum absolute atomic E-state index is 0.707. The van der Waals surface area contributed by atoms with Gasteiger partial charge in [0.05, 0.1) is 0 Å². The van der Waals surface area contributed by atoms with Gasteiger partial charge in [-0.15, -0.1) is 0 Å². The van der Waals surface area contributed by atoms with Gasteiger partial charge in [-0.25, -0.2) is 0 Å². The Morgan fingerprint density at radius 3 is 2.70 bits per heavy atom. The molecule has 52 valence electrons. The summed E-state index contributed by atoms with van der Waals surface area (Å²) < 4.78 is 0. The summed E-state index contributed by atoms with van der Waals surface area (Å²) in [6, 6.07) is 0. The van der Waals surface area contributed by atoms with Crippen LogP contribution in [0.1, 0.15) is 20.8 Å². The van der Waals surface area contributed by atoms with Crippen molar-refractivity contribution in [2.75, 3.05) is 0 Å². The van der Waals surface area contributed by atoms with Crippen LogP contribution in [0.3, 0.4) is 0 Å². The third-order valence-electron chi connectivity index (χ3n) is 2.53. The molecule has 1 aliphatic heterocycles. The third kappa shape index (κ3) is 1.42. The van der Waals surface area contributed by atoms with Gasteiger partial charge in [-0.05, 0) is 0 Å². The summed E-state index contributed by atoms with van der Waals surface area (Å²) in [4.78, 5) is 0. The van der Waals surface area contributed by atoms with E-state index in [2.05, 4.69) is 33.8 Å². The van der Waals surface area contributed by atoms with Crippen molar-refractivity contribution < 1.29 is 0 Å². The second-order valence-corrected chi connectivity index (χ2v) is 3.07. The van der Waals surface area contributed by atoms with Gasteiger partial charge in [0.2, 0.25) is 0 Å². The molecule has 0 N–H and O–H groups in total. The summed E-state index contributed by atoms with van der Waals surface area (Å²) in [5.74, 6) is 0.707. The summed E-state index contributed by atoms with van der Waals surface area (Å²) in [6.07, 6.45) is 3.51. The number of hydrogen-bond donors (Lipinski definition) is 0. The summed E-state index contributed by atoms with van der Waals surface area (Å²) in [5, 5.41) is 1.63. The van der Waals surface area contributed by atoms with Crippen LogP contribution in [-0.2, 0) is 0 Å². The average molecular weight is 132 g/mol. The number of allylic oxidation sites excluding steroid dienone is 2. The predicted octanol–water partition coefficient (Wildman–Crippen LogP) is 1.25. The summed E-state index contributed by atoms with van der Waals surface area (Å²) >= 11 is 0. The molecule has 0 aromatic heterocycles. The Hall–Kier alpha value is -0.260. The van der Waals surface area contributed by atoms with Gasteiger partial charge >= 0.3 is 64.1 Å².